The van der Waals surface area contributed by atoms with Gasteiger partial charge in [-0.3, -0.25) is 4.98 Å². The van der Waals surface area contributed by atoms with Crippen molar-refractivity contribution in [2.75, 3.05) is 0 Å². The predicted molar refractivity (Wildman–Crippen MR) is 75.0 cm³/mol. The maximum absolute atomic E-state index is 13.2. The molecule has 3 rings (SSSR count). The summed E-state index contributed by atoms with van der Waals surface area (Å²) in [4.78, 5) is 4.09. The van der Waals surface area contributed by atoms with Crippen LogP contribution in [-0.4, -0.2) is 4.98 Å². The number of halogens is 5. The van der Waals surface area contributed by atoms with Crippen LogP contribution in [0.25, 0.3) is 21.3 Å². The van der Waals surface area contributed by atoms with E-state index in [-0.39, 0.29) is 5.56 Å². The molecule has 0 saturated heterocycles. The van der Waals surface area contributed by atoms with E-state index in [2.05, 4.69) is 4.98 Å². The highest BCUT2D eigenvalue weighted by Gasteiger charge is 2.34. The van der Waals surface area contributed by atoms with Gasteiger partial charge in [-0.25, -0.2) is 4.39 Å². The SMILES string of the molecule is Fc1ccc(-c2csc3c(Cl)ccnc23)c(C(F)(F)F)c1. The molecule has 0 radical (unpaired) electrons. The lowest BCUT2D eigenvalue weighted by molar-refractivity contribution is -0.137. The summed E-state index contributed by atoms with van der Waals surface area (Å²) in [5.74, 6) is -0.934. The molecule has 0 unspecified atom stereocenters. The summed E-state index contributed by atoms with van der Waals surface area (Å²) in [6.45, 7) is 0. The Bertz CT molecular complexity index is 825. The number of rotatable bonds is 1. The van der Waals surface area contributed by atoms with Gasteiger partial charge in [0.05, 0.1) is 20.8 Å². The van der Waals surface area contributed by atoms with Crippen molar-refractivity contribution in [1.29, 1.82) is 0 Å². The second-order valence-corrected chi connectivity index (χ2v) is 5.59. The summed E-state index contributed by atoms with van der Waals surface area (Å²) in [6, 6.07) is 4.17. The van der Waals surface area contributed by atoms with Gasteiger partial charge in [-0.2, -0.15) is 13.2 Å². The van der Waals surface area contributed by atoms with Gasteiger partial charge in [-0.15, -0.1) is 11.3 Å². The molecule has 0 spiro atoms. The van der Waals surface area contributed by atoms with Gasteiger partial charge in [-0.05, 0) is 23.8 Å². The molecule has 21 heavy (non-hydrogen) atoms. The van der Waals surface area contributed by atoms with E-state index in [0.717, 1.165) is 12.1 Å². The smallest absolute Gasteiger partial charge is 0.255 e. The fraction of sp³-hybridized carbons (Fsp3) is 0.0714. The molecule has 2 heterocycles. The Morgan fingerprint density at radius 1 is 1.10 bits per heavy atom. The third-order valence-electron chi connectivity index (χ3n) is 2.98. The maximum atomic E-state index is 13.2. The second kappa shape index (κ2) is 4.96. The number of nitrogens with zero attached hydrogens (tertiary/aromatic N) is 1. The summed E-state index contributed by atoms with van der Waals surface area (Å²) in [5, 5.41) is 1.97. The quantitative estimate of drug-likeness (QED) is 0.515. The van der Waals surface area contributed by atoms with E-state index in [4.69, 9.17) is 11.6 Å². The highest BCUT2D eigenvalue weighted by molar-refractivity contribution is 7.18. The number of benzene rings is 1. The van der Waals surface area contributed by atoms with E-state index < -0.39 is 17.6 Å². The van der Waals surface area contributed by atoms with E-state index in [0.29, 0.717) is 26.9 Å². The van der Waals surface area contributed by atoms with Crippen LogP contribution in [0.5, 0.6) is 0 Å². The van der Waals surface area contributed by atoms with Crippen LogP contribution in [0.3, 0.4) is 0 Å². The minimum absolute atomic E-state index is 0.107. The van der Waals surface area contributed by atoms with Crippen molar-refractivity contribution in [3.05, 3.63) is 52.2 Å². The normalized spacial score (nSPS) is 12.0. The highest BCUT2D eigenvalue weighted by Crippen LogP contribution is 2.42. The molecule has 0 saturated carbocycles. The zero-order valence-electron chi connectivity index (χ0n) is 10.2. The Balaban J connectivity index is 2.31. The molecule has 0 aliphatic rings. The number of thiophene rings is 1. The number of hydrogen-bond donors (Lipinski definition) is 0. The van der Waals surface area contributed by atoms with Gasteiger partial charge in [-0.1, -0.05) is 17.7 Å². The number of hydrogen-bond acceptors (Lipinski definition) is 2. The first-order valence-electron chi connectivity index (χ1n) is 5.77. The molecular formula is C14H6ClF4NS. The van der Waals surface area contributed by atoms with Crippen LogP contribution < -0.4 is 0 Å². The van der Waals surface area contributed by atoms with Crippen LogP contribution in [0.15, 0.2) is 35.8 Å². The second-order valence-electron chi connectivity index (χ2n) is 4.31. The topological polar surface area (TPSA) is 12.9 Å². The lowest BCUT2D eigenvalue weighted by Crippen LogP contribution is -2.07. The molecule has 0 aliphatic carbocycles. The molecule has 2 aromatic heterocycles. The first kappa shape index (κ1) is 14.3. The molecule has 0 aliphatic heterocycles. The van der Waals surface area contributed by atoms with Crippen LogP contribution in [0.2, 0.25) is 5.02 Å². The zero-order valence-corrected chi connectivity index (χ0v) is 11.8. The first-order chi connectivity index (χ1) is 9.88. The van der Waals surface area contributed by atoms with Gasteiger partial charge >= 0.3 is 6.18 Å². The van der Waals surface area contributed by atoms with Crippen molar-refractivity contribution in [3.8, 4) is 11.1 Å². The van der Waals surface area contributed by atoms with Crippen LogP contribution in [0, 0.1) is 5.82 Å². The van der Waals surface area contributed by atoms with E-state index >= 15 is 0 Å². The van der Waals surface area contributed by atoms with Crippen molar-refractivity contribution in [2.24, 2.45) is 0 Å². The molecule has 0 N–H and O–H groups in total. The molecule has 1 nitrogen and oxygen atoms in total. The van der Waals surface area contributed by atoms with Crippen molar-refractivity contribution in [3.63, 3.8) is 0 Å². The molecule has 108 valence electrons. The Labute approximate surface area is 125 Å². The first-order valence-corrected chi connectivity index (χ1v) is 7.02. The van der Waals surface area contributed by atoms with E-state index in [1.807, 2.05) is 0 Å². The number of pyridine rings is 1. The lowest BCUT2D eigenvalue weighted by Gasteiger charge is -2.12. The van der Waals surface area contributed by atoms with Gasteiger partial charge in [0.2, 0.25) is 0 Å². The van der Waals surface area contributed by atoms with Crippen molar-refractivity contribution < 1.29 is 17.6 Å². The summed E-state index contributed by atoms with van der Waals surface area (Å²) in [7, 11) is 0. The minimum Gasteiger partial charge on any atom is -0.255 e. The van der Waals surface area contributed by atoms with E-state index in [1.54, 1.807) is 11.4 Å². The Morgan fingerprint density at radius 3 is 2.57 bits per heavy atom. The molecule has 0 atom stereocenters. The van der Waals surface area contributed by atoms with Gasteiger partial charge in [0, 0.05) is 17.1 Å². The highest BCUT2D eigenvalue weighted by atomic mass is 35.5. The molecule has 7 heteroatoms. The Morgan fingerprint density at radius 2 is 1.86 bits per heavy atom. The number of alkyl halides is 3. The van der Waals surface area contributed by atoms with Gasteiger partial charge < -0.3 is 0 Å². The summed E-state index contributed by atoms with van der Waals surface area (Å²) in [6.07, 6.45) is -3.22. The van der Waals surface area contributed by atoms with Crippen molar-refractivity contribution in [1.82, 2.24) is 4.98 Å². The van der Waals surface area contributed by atoms with Crippen molar-refractivity contribution >= 4 is 33.2 Å². The van der Waals surface area contributed by atoms with Crippen molar-refractivity contribution in [2.45, 2.75) is 6.18 Å². The maximum Gasteiger partial charge on any atom is 0.417 e. The Hall–Kier alpha value is -1.66. The standard InChI is InChI=1S/C14H6ClF4NS/c15-11-3-4-20-12-9(6-21-13(11)12)8-2-1-7(16)5-10(8)14(17,18)19/h1-6H. The fourth-order valence-electron chi connectivity index (χ4n) is 2.08. The molecule has 0 amide bonds. The average molecular weight is 332 g/mol. The number of fused-ring (bicyclic) bond motifs is 1. The zero-order chi connectivity index (χ0) is 15.2. The monoisotopic (exact) mass is 331 g/mol. The summed E-state index contributed by atoms with van der Waals surface area (Å²) >= 11 is 7.20. The largest absolute Gasteiger partial charge is 0.417 e. The van der Waals surface area contributed by atoms with Crippen LogP contribution >= 0.6 is 22.9 Å². The van der Waals surface area contributed by atoms with Crippen LogP contribution in [0.4, 0.5) is 17.6 Å². The lowest BCUT2D eigenvalue weighted by atomic mass is 10.0. The Kier molecular flexibility index (Phi) is 3.37. The minimum atomic E-state index is -4.65. The van der Waals surface area contributed by atoms with Crippen LogP contribution in [-0.2, 0) is 6.18 Å². The predicted octanol–water partition coefficient (Wildman–Crippen LogP) is 5.77. The van der Waals surface area contributed by atoms with Gasteiger partial charge in [0.1, 0.15) is 5.82 Å². The van der Waals surface area contributed by atoms with Gasteiger partial charge in [0.25, 0.3) is 0 Å². The summed E-state index contributed by atoms with van der Waals surface area (Å²) < 4.78 is 53.0. The summed E-state index contributed by atoms with van der Waals surface area (Å²) in [5.41, 5.74) is -0.455. The third-order valence-corrected chi connectivity index (χ3v) is 4.41. The molecule has 0 bridgehead atoms. The third kappa shape index (κ3) is 2.49. The fourth-order valence-corrected chi connectivity index (χ4v) is 3.29. The van der Waals surface area contributed by atoms with E-state index in [1.165, 1.54) is 17.5 Å². The van der Waals surface area contributed by atoms with Crippen LogP contribution in [0.1, 0.15) is 5.56 Å². The van der Waals surface area contributed by atoms with Gasteiger partial charge in [0.15, 0.2) is 0 Å². The van der Waals surface area contributed by atoms with E-state index in [9.17, 15) is 17.6 Å². The number of aromatic nitrogens is 1. The molecular weight excluding hydrogens is 326 g/mol. The molecule has 0 fully saturated rings. The molecule has 1 aromatic carbocycles. The average Bonchev–Trinajstić information content (AvgIpc) is 2.83. The molecule has 3 aromatic rings.